The van der Waals surface area contributed by atoms with Crippen LogP contribution in [0.15, 0.2) is 43.0 Å². The minimum atomic E-state index is -0.585. The van der Waals surface area contributed by atoms with Crippen molar-refractivity contribution in [1.29, 1.82) is 0 Å². The number of amides is 1. The minimum absolute atomic E-state index is 0.0136. The minimum Gasteiger partial charge on any atom is -0.444 e. The predicted molar refractivity (Wildman–Crippen MR) is 147 cm³/mol. The molecule has 0 radical (unpaired) electrons. The number of carbonyl (C=O) groups is 1. The van der Waals surface area contributed by atoms with E-state index in [4.69, 9.17) is 16.3 Å². The maximum atomic E-state index is 12.8. The van der Waals surface area contributed by atoms with Crippen LogP contribution < -0.4 is 5.32 Å². The summed E-state index contributed by atoms with van der Waals surface area (Å²) in [6.07, 6.45) is 8.81. The Bertz CT molecular complexity index is 1560. The van der Waals surface area contributed by atoms with Crippen LogP contribution in [0, 0.1) is 17.0 Å². The summed E-state index contributed by atoms with van der Waals surface area (Å²) >= 11 is 6.47. The van der Waals surface area contributed by atoms with Gasteiger partial charge in [0, 0.05) is 30.3 Å². The molecule has 12 nitrogen and oxygen atoms in total. The number of likely N-dealkylation sites (tertiary alicyclic amines) is 1. The number of nitrogens with one attached hydrogen (secondary N) is 1. The number of piperidine rings is 1. The van der Waals surface area contributed by atoms with Crippen LogP contribution in [0.25, 0.3) is 16.7 Å². The van der Waals surface area contributed by atoms with Crippen molar-refractivity contribution >= 4 is 45.9 Å². The maximum Gasteiger partial charge on any atom is 0.411 e. The van der Waals surface area contributed by atoms with Crippen LogP contribution in [0.5, 0.6) is 0 Å². The number of nitro groups is 1. The first-order valence-electron chi connectivity index (χ1n) is 12.6. The van der Waals surface area contributed by atoms with Gasteiger partial charge in [-0.15, -0.1) is 0 Å². The van der Waals surface area contributed by atoms with Crippen molar-refractivity contribution in [3.63, 3.8) is 0 Å². The number of anilines is 2. The number of ether oxygens (including phenoxy) is 1. The molecular formula is C26H29ClN8O4. The summed E-state index contributed by atoms with van der Waals surface area (Å²) in [4.78, 5) is 34.3. The lowest BCUT2D eigenvalue weighted by Gasteiger charge is -2.36. The van der Waals surface area contributed by atoms with Crippen LogP contribution in [0.1, 0.15) is 51.8 Å². The highest BCUT2D eigenvalue weighted by Crippen LogP contribution is 2.31. The molecule has 4 heterocycles. The summed E-state index contributed by atoms with van der Waals surface area (Å²) in [6, 6.07) is 4.67. The molecule has 4 aromatic rings. The molecular weight excluding hydrogens is 524 g/mol. The summed E-state index contributed by atoms with van der Waals surface area (Å²) in [6.45, 7) is 8.02. The van der Waals surface area contributed by atoms with Crippen LogP contribution in [-0.4, -0.2) is 52.4 Å². The van der Waals surface area contributed by atoms with Gasteiger partial charge in [0.1, 0.15) is 16.8 Å². The highest BCUT2D eigenvalue weighted by atomic mass is 35.5. The van der Waals surface area contributed by atoms with E-state index in [1.54, 1.807) is 32.6 Å². The standard InChI is InChI=1S/C26H29ClN8O4/c1-16-14-33(21-9-8-18(35(37)38)11-19(16)21)23-20(27)13-28-24(31-23)30-17-12-29-34(15-17)22-7-5-6-10-32(22)25(36)39-26(2,3)4/h8-9,11-15,22H,5-7,10H2,1-4H3,(H,28,30,31). The Kier molecular flexibility index (Phi) is 6.89. The molecule has 0 aliphatic carbocycles. The molecule has 13 heteroatoms. The average Bonchev–Trinajstić information content (AvgIpc) is 3.48. The molecule has 1 saturated heterocycles. The van der Waals surface area contributed by atoms with Gasteiger partial charge in [-0.05, 0) is 58.6 Å². The Morgan fingerprint density at radius 3 is 2.77 bits per heavy atom. The van der Waals surface area contributed by atoms with Crippen molar-refractivity contribution in [2.45, 2.75) is 58.7 Å². The first-order valence-corrected chi connectivity index (χ1v) is 13.0. The highest BCUT2D eigenvalue weighted by Gasteiger charge is 2.32. The van der Waals surface area contributed by atoms with E-state index in [0.29, 0.717) is 29.0 Å². The van der Waals surface area contributed by atoms with Crippen LogP contribution in [0.2, 0.25) is 5.02 Å². The number of halogens is 1. The van der Waals surface area contributed by atoms with E-state index in [2.05, 4.69) is 20.4 Å². The molecule has 1 atom stereocenters. The number of benzene rings is 1. The Labute approximate surface area is 229 Å². The number of nitro benzene ring substituents is 1. The van der Waals surface area contributed by atoms with Gasteiger partial charge < -0.3 is 10.1 Å². The second kappa shape index (κ2) is 10.2. The average molecular weight is 553 g/mol. The lowest BCUT2D eigenvalue weighted by Crippen LogP contribution is -2.44. The van der Waals surface area contributed by atoms with Gasteiger partial charge in [-0.3, -0.25) is 19.6 Å². The predicted octanol–water partition coefficient (Wildman–Crippen LogP) is 6.15. The fourth-order valence-electron chi connectivity index (χ4n) is 4.68. The van der Waals surface area contributed by atoms with E-state index in [0.717, 1.165) is 35.7 Å². The summed E-state index contributed by atoms with van der Waals surface area (Å²) in [5.74, 6) is 0.722. The molecule has 204 valence electrons. The number of rotatable bonds is 5. The normalized spacial score (nSPS) is 15.9. The first-order chi connectivity index (χ1) is 18.5. The molecule has 1 aliphatic heterocycles. The summed E-state index contributed by atoms with van der Waals surface area (Å²) in [5.41, 5.74) is 1.65. The third-order valence-corrected chi connectivity index (χ3v) is 6.68. The summed E-state index contributed by atoms with van der Waals surface area (Å²) in [7, 11) is 0. The largest absolute Gasteiger partial charge is 0.444 e. The fraction of sp³-hybridized carbons (Fsp3) is 0.385. The van der Waals surface area contributed by atoms with E-state index >= 15 is 0 Å². The zero-order chi connectivity index (χ0) is 27.9. The van der Waals surface area contributed by atoms with E-state index in [1.165, 1.54) is 18.3 Å². The molecule has 0 saturated carbocycles. The summed E-state index contributed by atoms with van der Waals surface area (Å²) < 4.78 is 9.14. The number of non-ortho nitro benzene ring substituents is 1. The molecule has 0 spiro atoms. The molecule has 1 aromatic carbocycles. The smallest absolute Gasteiger partial charge is 0.411 e. The van der Waals surface area contributed by atoms with Gasteiger partial charge in [-0.1, -0.05) is 11.6 Å². The zero-order valence-corrected chi connectivity index (χ0v) is 22.8. The second-order valence-corrected chi connectivity index (χ2v) is 10.9. The molecule has 5 rings (SSSR count). The zero-order valence-electron chi connectivity index (χ0n) is 22.1. The molecule has 1 fully saturated rings. The fourth-order valence-corrected chi connectivity index (χ4v) is 4.86. The maximum absolute atomic E-state index is 12.8. The number of hydrogen-bond acceptors (Lipinski definition) is 8. The van der Waals surface area contributed by atoms with Gasteiger partial charge >= 0.3 is 6.09 Å². The number of fused-ring (bicyclic) bond motifs is 1. The molecule has 39 heavy (non-hydrogen) atoms. The number of aromatic nitrogens is 5. The molecule has 0 bridgehead atoms. The van der Waals surface area contributed by atoms with Crippen molar-refractivity contribution in [3.05, 3.63) is 63.7 Å². The second-order valence-electron chi connectivity index (χ2n) is 10.5. The van der Waals surface area contributed by atoms with Gasteiger partial charge in [0.15, 0.2) is 5.82 Å². The van der Waals surface area contributed by atoms with Crippen molar-refractivity contribution in [1.82, 2.24) is 29.2 Å². The summed E-state index contributed by atoms with van der Waals surface area (Å²) in [5, 5.41) is 19.9. The van der Waals surface area contributed by atoms with Crippen LogP contribution in [0.4, 0.5) is 22.1 Å². The van der Waals surface area contributed by atoms with Crippen LogP contribution >= 0.6 is 11.6 Å². The molecule has 1 unspecified atom stereocenters. The Morgan fingerprint density at radius 1 is 1.23 bits per heavy atom. The lowest BCUT2D eigenvalue weighted by atomic mass is 10.1. The molecule has 1 aliphatic rings. The Balaban J connectivity index is 1.40. The molecule has 1 amide bonds. The Morgan fingerprint density at radius 2 is 2.03 bits per heavy atom. The first kappa shape index (κ1) is 26.4. The SMILES string of the molecule is Cc1cn(-c2nc(Nc3cnn(C4CCCCN4C(=O)OC(C)(C)C)c3)ncc2Cl)c2ccc([N+](=O)[O-])cc12. The van der Waals surface area contributed by atoms with E-state index < -0.39 is 10.5 Å². The van der Waals surface area contributed by atoms with Crippen molar-refractivity contribution in [2.24, 2.45) is 0 Å². The van der Waals surface area contributed by atoms with Crippen molar-refractivity contribution in [3.8, 4) is 5.82 Å². The van der Waals surface area contributed by atoms with Crippen LogP contribution in [-0.2, 0) is 4.74 Å². The highest BCUT2D eigenvalue weighted by molar-refractivity contribution is 6.32. The van der Waals surface area contributed by atoms with Crippen molar-refractivity contribution < 1.29 is 14.5 Å². The van der Waals surface area contributed by atoms with E-state index in [-0.39, 0.29) is 17.9 Å². The molecule has 1 N–H and O–H groups in total. The number of nitrogens with zero attached hydrogens (tertiary/aromatic N) is 7. The quantitative estimate of drug-likeness (QED) is 0.230. The molecule has 3 aromatic heterocycles. The number of carbonyl (C=O) groups excluding carboxylic acids is 1. The Hall–Kier alpha value is -4.19. The van der Waals surface area contributed by atoms with Gasteiger partial charge in [-0.2, -0.15) is 10.1 Å². The number of hydrogen-bond donors (Lipinski definition) is 1. The van der Waals surface area contributed by atoms with Gasteiger partial charge in [0.25, 0.3) is 5.69 Å². The van der Waals surface area contributed by atoms with Crippen LogP contribution in [0.3, 0.4) is 0 Å². The van der Waals surface area contributed by atoms with E-state index in [1.807, 2.05) is 33.9 Å². The monoisotopic (exact) mass is 552 g/mol. The van der Waals surface area contributed by atoms with Crippen molar-refractivity contribution in [2.75, 3.05) is 11.9 Å². The third-order valence-electron chi connectivity index (χ3n) is 6.41. The van der Waals surface area contributed by atoms with E-state index in [9.17, 15) is 14.9 Å². The topological polar surface area (TPSA) is 133 Å². The lowest BCUT2D eigenvalue weighted by molar-refractivity contribution is -0.384. The van der Waals surface area contributed by atoms with Gasteiger partial charge in [0.2, 0.25) is 5.95 Å². The third kappa shape index (κ3) is 5.51. The number of aryl methyl sites for hydroxylation is 1. The van der Waals surface area contributed by atoms with Gasteiger partial charge in [-0.25, -0.2) is 14.5 Å². The van der Waals surface area contributed by atoms with Gasteiger partial charge in [0.05, 0.1) is 34.7 Å².